The van der Waals surface area contributed by atoms with Crippen LogP contribution in [-0.4, -0.2) is 43.7 Å². The molecule has 0 aliphatic heterocycles. The summed E-state index contributed by atoms with van der Waals surface area (Å²) in [6.07, 6.45) is 0. The normalized spacial score (nSPS) is 10.8. The van der Waals surface area contributed by atoms with Crippen LogP contribution in [0.2, 0.25) is 0 Å². The van der Waals surface area contributed by atoms with Gasteiger partial charge in [-0.2, -0.15) is 4.98 Å². The predicted octanol–water partition coefficient (Wildman–Crippen LogP) is 3.41. The number of amides is 1. The fraction of sp³-hybridized carbons (Fsp3) is 0.150. The van der Waals surface area contributed by atoms with E-state index in [0.717, 1.165) is 0 Å². The van der Waals surface area contributed by atoms with E-state index in [-0.39, 0.29) is 23.4 Å². The van der Waals surface area contributed by atoms with Crippen molar-refractivity contribution in [2.45, 2.75) is 5.16 Å². The van der Waals surface area contributed by atoms with Crippen LogP contribution in [0.3, 0.4) is 0 Å². The van der Waals surface area contributed by atoms with Crippen molar-refractivity contribution in [2.24, 2.45) is 7.05 Å². The maximum atomic E-state index is 13.1. The first-order chi connectivity index (χ1) is 15.0. The molecule has 2 heterocycles. The molecule has 9 nitrogen and oxygen atoms in total. The minimum Gasteiger partial charge on any atom is -0.495 e. The largest absolute Gasteiger partial charge is 0.495 e. The van der Waals surface area contributed by atoms with Crippen molar-refractivity contribution in [2.75, 3.05) is 18.2 Å². The average Bonchev–Trinajstić information content (AvgIpc) is 3.40. The Morgan fingerprint density at radius 2 is 1.97 bits per heavy atom. The average molecular weight is 440 g/mol. The summed E-state index contributed by atoms with van der Waals surface area (Å²) in [5, 5.41) is 15.4. The third-order valence-corrected chi connectivity index (χ3v) is 5.29. The molecule has 158 valence electrons. The Morgan fingerprint density at radius 1 is 1.19 bits per heavy atom. The van der Waals surface area contributed by atoms with Gasteiger partial charge >= 0.3 is 0 Å². The second-order valence-electron chi connectivity index (χ2n) is 6.33. The molecule has 0 atom stereocenters. The highest BCUT2D eigenvalue weighted by molar-refractivity contribution is 7.99. The Bertz CT molecular complexity index is 1210. The van der Waals surface area contributed by atoms with Gasteiger partial charge in [-0.05, 0) is 36.4 Å². The second kappa shape index (κ2) is 8.96. The number of anilines is 1. The number of methoxy groups -OCH3 is 1. The lowest BCUT2D eigenvalue weighted by Gasteiger charge is -2.09. The van der Waals surface area contributed by atoms with Gasteiger partial charge in [0.2, 0.25) is 17.6 Å². The van der Waals surface area contributed by atoms with E-state index in [2.05, 4.69) is 25.7 Å². The number of nitrogens with zero attached hydrogens (tertiary/aromatic N) is 5. The minimum atomic E-state index is -0.350. The number of ether oxygens (including phenoxy) is 1. The fourth-order valence-electron chi connectivity index (χ4n) is 2.72. The predicted molar refractivity (Wildman–Crippen MR) is 112 cm³/mol. The van der Waals surface area contributed by atoms with E-state index in [0.29, 0.717) is 33.8 Å². The summed E-state index contributed by atoms with van der Waals surface area (Å²) >= 11 is 1.21. The molecule has 0 unspecified atom stereocenters. The zero-order valence-electron chi connectivity index (χ0n) is 16.6. The van der Waals surface area contributed by atoms with Crippen molar-refractivity contribution in [1.29, 1.82) is 0 Å². The van der Waals surface area contributed by atoms with Crippen LogP contribution < -0.4 is 10.1 Å². The third kappa shape index (κ3) is 4.56. The van der Waals surface area contributed by atoms with Crippen molar-refractivity contribution >= 4 is 23.4 Å². The van der Waals surface area contributed by atoms with Crippen LogP contribution in [0.15, 0.2) is 58.2 Å². The summed E-state index contributed by atoms with van der Waals surface area (Å²) in [7, 11) is 3.28. The molecule has 0 fully saturated rings. The molecule has 4 rings (SSSR count). The molecule has 1 N–H and O–H groups in total. The smallest absolute Gasteiger partial charge is 0.296 e. The van der Waals surface area contributed by atoms with Crippen molar-refractivity contribution < 1.29 is 18.4 Å². The minimum absolute atomic E-state index is 0.120. The number of thioether (sulfide) groups is 1. The summed E-state index contributed by atoms with van der Waals surface area (Å²) in [5.41, 5.74) is 1.20. The van der Waals surface area contributed by atoms with Crippen LogP contribution in [0, 0.1) is 5.82 Å². The van der Waals surface area contributed by atoms with Crippen LogP contribution in [-0.2, 0) is 11.8 Å². The third-order valence-electron chi connectivity index (χ3n) is 4.27. The Balaban J connectivity index is 1.43. The maximum Gasteiger partial charge on any atom is 0.296 e. The van der Waals surface area contributed by atoms with E-state index in [1.165, 1.54) is 23.9 Å². The Hall–Kier alpha value is -3.73. The monoisotopic (exact) mass is 440 g/mol. The van der Waals surface area contributed by atoms with Crippen LogP contribution in [0.4, 0.5) is 10.1 Å². The van der Waals surface area contributed by atoms with Gasteiger partial charge in [0.25, 0.3) is 5.89 Å². The molecule has 4 aromatic rings. The van der Waals surface area contributed by atoms with Gasteiger partial charge < -0.3 is 19.1 Å². The van der Waals surface area contributed by atoms with Gasteiger partial charge in [0.05, 0.1) is 18.6 Å². The molecule has 0 bridgehead atoms. The summed E-state index contributed by atoms with van der Waals surface area (Å²) in [4.78, 5) is 16.6. The highest BCUT2D eigenvalue weighted by atomic mass is 32.2. The summed E-state index contributed by atoms with van der Waals surface area (Å²) in [5.74, 6) is 0.966. The lowest BCUT2D eigenvalue weighted by Crippen LogP contribution is -2.15. The maximum absolute atomic E-state index is 13.1. The number of hydrogen-bond acceptors (Lipinski definition) is 8. The van der Waals surface area contributed by atoms with E-state index in [1.807, 2.05) is 12.1 Å². The lowest BCUT2D eigenvalue weighted by atomic mass is 10.2. The first kappa shape index (κ1) is 20.5. The summed E-state index contributed by atoms with van der Waals surface area (Å²) < 4.78 is 25.3. The number of para-hydroxylation sites is 2. The summed E-state index contributed by atoms with van der Waals surface area (Å²) in [6, 6.07) is 12.9. The molecule has 1 amide bonds. The highest BCUT2D eigenvalue weighted by Crippen LogP contribution is 2.26. The molecule has 2 aromatic carbocycles. The zero-order valence-corrected chi connectivity index (χ0v) is 17.4. The first-order valence-electron chi connectivity index (χ1n) is 9.10. The molecular formula is C20H17FN6O3S. The molecule has 0 saturated heterocycles. The van der Waals surface area contributed by atoms with E-state index in [4.69, 9.17) is 9.26 Å². The number of hydrogen-bond donors (Lipinski definition) is 1. The number of rotatable bonds is 7. The second-order valence-corrected chi connectivity index (χ2v) is 7.27. The zero-order chi connectivity index (χ0) is 21.8. The van der Waals surface area contributed by atoms with Gasteiger partial charge in [-0.25, -0.2) is 4.39 Å². The van der Waals surface area contributed by atoms with Crippen molar-refractivity contribution in [3.05, 3.63) is 54.3 Å². The molecule has 0 saturated carbocycles. The topological polar surface area (TPSA) is 108 Å². The molecule has 0 aliphatic carbocycles. The van der Waals surface area contributed by atoms with E-state index in [1.54, 1.807) is 43.0 Å². The van der Waals surface area contributed by atoms with Gasteiger partial charge in [0.1, 0.15) is 11.6 Å². The van der Waals surface area contributed by atoms with E-state index < -0.39 is 0 Å². The van der Waals surface area contributed by atoms with Gasteiger partial charge in [-0.1, -0.05) is 29.1 Å². The molecular weight excluding hydrogens is 423 g/mol. The van der Waals surface area contributed by atoms with Gasteiger partial charge in [-0.15, -0.1) is 10.2 Å². The standard InChI is InChI=1S/C20H17FN6O3S/c1-27-18(19-23-17(26-30-19)12-7-9-13(21)10-8-12)24-25-20(27)31-11-16(28)22-14-5-3-4-6-15(14)29-2/h3-10H,11H2,1-2H3,(H,22,28). The SMILES string of the molecule is COc1ccccc1NC(=O)CSc1nnc(-c2nc(-c3ccc(F)cc3)no2)n1C. The molecule has 11 heteroatoms. The Kier molecular flexibility index (Phi) is 5.94. The van der Waals surface area contributed by atoms with E-state index >= 15 is 0 Å². The number of halogens is 1. The highest BCUT2D eigenvalue weighted by Gasteiger charge is 2.19. The van der Waals surface area contributed by atoms with Crippen molar-refractivity contribution in [1.82, 2.24) is 24.9 Å². The molecule has 0 radical (unpaired) electrons. The van der Waals surface area contributed by atoms with Crippen LogP contribution in [0.5, 0.6) is 5.75 Å². The van der Waals surface area contributed by atoms with Crippen LogP contribution in [0.1, 0.15) is 0 Å². The van der Waals surface area contributed by atoms with Crippen LogP contribution in [0.25, 0.3) is 23.1 Å². The first-order valence-corrected chi connectivity index (χ1v) is 10.1. The van der Waals surface area contributed by atoms with Crippen molar-refractivity contribution in [3.63, 3.8) is 0 Å². The number of carbonyl (C=O) groups excluding carboxylic acids is 1. The summed E-state index contributed by atoms with van der Waals surface area (Å²) in [6.45, 7) is 0. The fourth-order valence-corrected chi connectivity index (χ4v) is 3.43. The Morgan fingerprint density at radius 3 is 2.74 bits per heavy atom. The van der Waals surface area contributed by atoms with Crippen LogP contribution >= 0.6 is 11.8 Å². The van der Waals surface area contributed by atoms with Gasteiger partial charge in [0, 0.05) is 12.6 Å². The van der Waals surface area contributed by atoms with Crippen molar-refractivity contribution in [3.8, 4) is 28.9 Å². The van der Waals surface area contributed by atoms with Gasteiger partial charge in [0.15, 0.2) is 5.16 Å². The lowest BCUT2D eigenvalue weighted by molar-refractivity contribution is -0.113. The van der Waals surface area contributed by atoms with Gasteiger partial charge in [-0.3, -0.25) is 4.79 Å². The van der Waals surface area contributed by atoms with E-state index in [9.17, 15) is 9.18 Å². The molecule has 0 aliphatic rings. The number of benzene rings is 2. The number of carbonyl (C=O) groups is 1. The quantitative estimate of drug-likeness (QED) is 0.436. The number of nitrogens with one attached hydrogen (secondary N) is 1. The Labute approximate surface area is 180 Å². The molecule has 2 aromatic heterocycles. The molecule has 0 spiro atoms. The number of aromatic nitrogens is 5. The molecule has 31 heavy (non-hydrogen) atoms.